The molecule has 4 nitrogen and oxygen atoms in total. The van der Waals surface area contributed by atoms with Crippen LogP contribution in [0, 0.1) is 17.8 Å². The highest BCUT2D eigenvalue weighted by atomic mass is 16.2. The SMILES string of the molecule is CCN(Cc1ccccc1)C(=O)C(=O)NC(C)C1CC2CCC1C2. The summed E-state index contributed by atoms with van der Waals surface area (Å²) in [5.74, 6) is 1.26. The highest BCUT2D eigenvalue weighted by molar-refractivity contribution is 6.35. The Kier molecular flexibility index (Phi) is 5.22. The van der Waals surface area contributed by atoms with Gasteiger partial charge >= 0.3 is 11.8 Å². The number of likely N-dealkylation sites (N-methyl/N-ethyl adjacent to an activating group) is 1. The van der Waals surface area contributed by atoms with E-state index in [1.54, 1.807) is 4.90 Å². The lowest BCUT2D eigenvalue weighted by molar-refractivity contribution is -0.146. The van der Waals surface area contributed by atoms with Crippen LogP contribution in [0.2, 0.25) is 0 Å². The summed E-state index contributed by atoms with van der Waals surface area (Å²) in [5.41, 5.74) is 1.04. The molecule has 2 amide bonds. The summed E-state index contributed by atoms with van der Waals surface area (Å²) in [7, 11) is 0. The predicted octanol–water partition coefficient (Wildman–Crippen LogP) is 2.98. The van der Waals surface area contributed by atoms with Crippen LogP contribution in [-0.4, -0.2) is 29.3 Å². The molecule has 3 rings (SSSR count). The second kappa shape index (κ2) is 7.37. The van der Waals surface area contributed by atoms with Gasteiger partial charge in [0.1, 0.15) is 0 Å². The summed E-state index contributed by atoms with van der Waals surface area (Å²) in [6.07, 6.45) is 5.16. The maximum absolute atomic E-state index is 12.5. The third-order valence-electron chi connectivity index (χ3n) is 5.87. The van der Waals surface area contributed by atoms with Crippen molar-refractivity contribution in [1.82, 2.24) is 10.2 Å². The Bertz CT molecular complexity index is 587. The summed E-state index contributed by atoms with van der Waals surface area (Å²) in [6, 6.07) is 9.89. The van der Waals surface area contributed by atoms with Crippen molar-refractivity contribution in [2.75, 3.05) is 6.54 Å². The fourth-order valence-electron chi connectivity index (χ4n) is 4.56. The summed E-state index contributed by atoms with van der Waals surface area (Å²) in [5, 5.41) is 2.98. The van der Waals surface area contributed by atoms with Gasteiger partial charge in [0.15, 0.2) is 0 Å². The molecule has 2 fully saturated rings. The minimum absolute atomic E-state index is 0.0900. The number of carbonyl (C=O) groups is 2. The second-order valence-electron chi connectivity index (χ2n) is 7.41. The molecular weight excluding hydrogens is 300 g/mol. The molecule has 0 heterocycles. The van der Waals surface area contributed by atoms with E-state index in [-0.39, 0.29) is 6.04 Å². The van der Waals surface area contributed by atoms with Gasteiger partial charge in [0.2, 0.25) is 0 Å². The third kappa shape index (κ3) is 3.63. The standard InChI is InChI=1S/C20H28N2O2/c1-3-22(13-15-7-5-4-6-8-15)20(24)19(23)21-14(2)18-12-16-9-10-17(18)11-16/h4-8,14,16-18H,3,9-13H2,1-2H3,(H,21,23). The van der Waals surface area contributed by atoms with Gasteiger partial charge in [0.25, 0.3) is 0 Å². The molecule has 1 N–H and O–H groups in total. The van der Waals surface area contributed by atoms with E-state index in [1.165, 1.54) is 25.7 Å². The lowest BCUT2D eigenvalue weighted by atomic mass is 9.84. The summed E-state index contributed by atoms with van der Waals surface area (Å²) in [6.45, 7) is 4.98. The molecule has 2 aliphatic carbocycles. The van der Waals surface area contributed by atoms with E-state index in [9.17, 15) is 9.59 Å². The summed E-state index contributed by atoms with van der Waals surface area (Å²) in [4.78, 5) is 26.5. The van der Waals surface area contributed by atoms with E-state index < -0.39 is 11.8 Å². The average molecular weight is 328 g/mol. The molecule has 0 aromatic heterocycles. The normalized spacial score (nSPS) is 26.2. The maximum atomic E-state index is 12.5. The van der Waals surface area contributed by atoms with E-state index in [4.69, 9.17) is 0 Å². The fraction of sp³-hybridized carbons (Fsp3) is 0.600. The smallest absolute Gasteiger partial charge is 0.312 e. The van der Waals surface area contributed by atoms with Crippen LogP contribution >= 0.6 is 0 Å². The Morgan fingerprint density at radius 3 is 2.54 bits per heavy atom. The summed E-state index contributed by atoms with van der Waals surface area (Å²) < 4.78 is 0. The zero-order valence-electron chi connectivity index (χ0n) is 14.7. The molecule has 24 heavy (non-hydrogen) atoms. The Morgan fingerprint density at radius 2 is 1.96 bits per heavy atom. The number of fused-ring (bicyclic) bond motifs is 2. The van der Waals surface area contributed by atoms with Crippen molar-refractivity contribution >= 4 is 11.8 Å². The number of hydrogen-bond acceptors (Lipinski definition) is 2. The number of nitrogens with one attached hydrogen (secondary N) is 1. The maximum Gasteiger partial charge on any atom is 0.312 e. The van der Waals surface area contributed by atoms with Crippen LogP contribution in [0.25, 0.3) is 0 Å². The number of nitrogens with zero attached hydrogens (tertiary/aromatic N) is 1. The molecule has 4 heteroatoms. The number of carbonyl (C=O) groups excluding carboxylic acids is 2. The first kappa shape index (κ1) is 17.0. The molecule has 1 aromatic rings. The van der Waals surface area contributed by atoms with Gasteiger partial charge < -0.3 is 10.2 Å². The van der Waals surface area contributed by atoms with Crippen LogP contribution in [0.15, 0.2) is 30.3 Å². The summed E-state index contributed by atoms with van der Waals surface area (Å²) >= 11 is 0. The van der Waals surface area contributed by atoms with Crippen molar-refractivity contribution in [1.29, 1.82) is 0 Å². The highest BCUT2D eigenvalue weighted by Gasteiger charge is 2.42. The van der Waals surface area contributed by atoms with Gasteiger partial charge in [-0.1, -0.05) is 36.8 Å². The first-order chi connectivity index (χ1) is 11.6. The van der Waals surface area contributed by atoms with Crippen LogP contribution in [0.3, 0.4) is 0 Å². The van der Waals surface area contributed by atoms with Crippen molar-refractivity contribution in [3.05, 3.63) is 35.9 Å². The molecular formula is C20H28N2O2. The first-order valence-corrected chi connectivity index (χ1v) is 9.22. The van der Waals surface area contributed by atoms with Crippen LogP contribution in [-0.2, 0) is 16.1 Å². The van der Waals surface area contributed by atoms with Crippen molar-refractivity contribution in [2.24, 2.45) is 17.8 Å². The van der Waals surface area contributed by atoms with E-state index >= 15 is 0 Å². The van der Waals surface area contributed by atoms with Gasteiger partial charge in [-0.25, -0.2) is 0 Å². The van der Waals surface area contributed by atoms with Gasteiger partial charge in [-0.3, -0.25) is 9.59 Å². The first-order valence-electron chi connectivity index (χ1n) is 9.22. The highest BCUT2D eigenvalue weighted by Crippen LogP contribution is 2.49. The van der Waals surface area contributed by atoms with Crippen LogP contribution in [0.1, 0.15) is 45.1 Å². The van der Waals surface area contributed by atoms with Crippen molar-refractivity contribution in [2.45, 2.75) is 52.1 Å². The molecule has 2 saturated carbocycles. The molecule has 2 bridgehead atoms. The molecule has 4 unspecified atom stereocenters. The molecule has 2 aliphatic rings. The monoisotopic (exact) mass is 328 g/mol. The van der Waals surface area contributed by atoms with Crippen LogP contribution in [0.5, 0.6) is 0 Å². The number of amides is 2. The number of hydrogen-bond donors (Lipinski definition) is 1. The van der Waals surface area contributed by atoms with E-state index in [1.807, 2.05) is 37.3 Å². The van der Waals surface area contributed by atoms with Gasteiger partial charge in [0, 0.05) is 19.1 Å². The van der Waals surface area contributed by atoms with E-state index in [2.05, 4.69) is 12.2 Å². The van der Waals surface area contributed by atoms with Gasteiger partial charge in [-0.2, -0.15) is 0 Å². The second-order valence-corrected chi connectivity index (χ2v) is 7.41. The quantitative estimate of drug-likeness (QED) is 0.845. The van der Waals surface area contributed by atoms with Crippen molar-refractivity contribution < 1.29 is 9.59 Å². The Hall–Kier alpha value is -1.84. The van der Waals surface area contributed by atoms with Crippen LogP contribution in [0.4, 0.5) is 0 Å². The lowest BCUT2D eigenvalue weighted by Crippen LogP contribution is -2.48. The largest absolute Gasteiger partial charge is 0.345 e. The number of benzene rings is 1. The zero-order valence-corrected chi connectivity index (χ0v) is 14.7. The van der Waals surface area contributed by atoms with Gasteiger partial charge in [-0.15, -0.1) is 0 Å². The fourth-order valence-corrected chi connectivity index (χ4v) is 4.56. The molecule has 1 aromatic carbocycles. The molecule has 0 aliphatic heterocycles. The Morgan fingerprint density at radius 1 is 1.21 bits per heavy atom. The van der Waals surface area contributed by atoms with Gasteiger partial charge in [0.05, 0.1) is 0 Å². The molecule has 0 radical (unpaired) electrons. The third-order valence-corrected chi connectivity index (χ3v) is 5.87. The van der Waals surface area contributed by atoms with Gasteiger partial charge in [-0.05, 0) is 56.4 Å². The Labute approximate surface area is 144 Å². The predicted molar refractivity (Wildman–Crippen MR) is 94.1 cm³/mol. The average Bonchev–Trinajstić information content (AvgIpc) is 3.23. The zero-order chi connectivity index (χ0) is 17.1. The molecule has 0 saturated heterocycles. The minimum atomic E-state index is -0.456. The van der Waals surface area contributed by atoms with Crippen molar-refractivity contribution in [3.8, 4) is 0 Å². The topological polar surface area (TPSA) is 49.4 Å². The van der Waals surface area contributed by atoms with E-state index in [0.717, 1.165) is 17.4 Å². The minimum Gasteiger partial charge on any atom is -0.345 e. The Balaban J connectivity index is 1.55. The molecule has 4 atom stereocenters. The molecule has 130 valence electrons. The lowest BCUT2D eigenvalue weighted by Gasteiger charge is -2.29. The van der Waals surface area contributed by atoms with Crippen molar-refractivity contribution in [3.63, 3.8) is 0 Å². The number of rotatable bonds is 5. The van der Waals surface area contributed by atoms with E-state index in [0.29, 0.717) is 19.0 Å². The molecule has 0 spiro atoms. The van der Waals surface area contributed by atoms with Crippen LogP contribution < -0.4 is 5.32 Å².